The van der Waals surface area contributed by atoms with E-state index in [0.29, 0.717) is 12.8 Å². The molecule has 4 heteroatoms. The first-order chi connectivity index (χ1) is 6.06. The second kappa shape index (κ2) is 3.28. The standard InChI is InChI=1S/C9H13NO3/c1-3-9(4-2)6(11)5-7(12)10-8(9)13/h3-5H2,1-2H3,(H,10,12,13). The maximum Gasteiger partial charge on any atom is 0.240 e. The molecule has 1 N–H and O–H groups in total. The zero-order valence-corrected chi connectivity index (χ0v) is 7.85. The van der Waals surface area contributed by atoms with Gasteiger partial charge < -0.3 is 0 Å². The van der Waals surface area contributed by atoms with Crippen molar-refractivity contribution in [2.24, 2.45) is 5.41 Å². The van der Waals surface area contributed by atoms with Gasteiger partial charge in [0.2, 0.25) is 11.8 Å². The van der Waals surface area contributed by atoms with Crippen LogP contribution in [0.5, 0.6) is 0 Å². The monoisotopic (exact) mass is 183 g/mol. The Labute approximate surface area is 76.7 Å². The second-order valence-corrected chi connectivity index (χ2v) is 3.27. The Morgan fingerprint density at radius 2 is 1.77 bits per heavy atom. The summed E-state index contributed by atoms with van der Waals surface area (Å²) in [6.45, 7) is 3.58. The lowest BCUT2D eigenvalue weighted by Gasteiger charge is -2.31. The molecule has 1 fully saturated rings. The normalized spacial score (nSPS) is 21.5. The molecular formula is C9H13NO3. The largest absolute Gasteiger partial charge is 0.298 e. The third-order valence-corrected chi connectivity index (χ3v) is 2.75. The van der Waals surface area contributed by atoms with E-state index in [1.807, 2.05) is 0 Å². The van der Waals surface area contributed by atoms with E-state index in [1.54, 1.807) is 13.8 Å². The lowest BCUT2D eigenvalue weighted by atomic mass is 9.74. The smallest absolute Gasteiger partial charge is 0.240 e. The number of rotatable bonds is 2. The highest BCUT2D eigenvalue weighted by Crippen LogP contribution is 2.31. The van der Waals surface area contributed by atoms with Crippen LogP contribution in [-0.2, 0) is 14.4 Å². The van der Waals surface area contributed by atoms with E-state index in [9.17, 15) is 14.4 Å². The molecule has 0 atom stereocenters. The van der Waals surface area contributed by atoms with Gasteiger partial charge in [-0.25, -0.2) is 0 Å². The van der Waals surface area contributed by atoms with E-state index < -0.39 is 17.2 Å². The summed E-state index contributed by atoms with van der Waals surface area (Å²) in [5.74, 6) is -1.16. The molecule has 0 unspecified atom stereocenters. The molecule has 0 bridgehead atoms. The molecule has 13 heavy (non-hydrogen) atoms. The van der Waals surface area contributed by atoms with E-state index in [1.165, 1.54) is 0 Å². The minimum atomic E-state index is -0.950. The lowest BCUT2D eigenvalue weighted by molar-refractivity contribution is -0.150. The van der Waals surface area contributed by atoms with Crippen molar-refractivity contribution >= 4 is 17.6 Å². The van der Waals surface area contributed by atoms with Gasteiger partial charge in [-0.2, -0.15) is 0 Å². The summed E-state index contributed by atoms with van der Waals surface area (Å²) in [6, 6.07) is 0. The van der Waals surface area contributed by atoms with Gasteiger partial charge >= 0.3 is 0 Å². The molecular weight excluding hydrogens is 170 g/mol. The van der Waals surface area contributed by atoms with Crippen molar-refractivity contribution in [1.29, 1.82) is 0 Å². The van der Waals surface area contributed by atoms with Crippen LogP contribution < -0.4 is 5.32 Å². The highest BCUT2D eigenvalue weighted by Gasteiger charge is 2.46. The molecule has 0 aromatic rings. The fourth-order valence-corrected chi connectivity index (χ4v) is 1.70. The number of nitrogens with one attached hydrogen (secondary N) is 1. The zero-order valence-electron chi connectivity index (χ0n) is 7.85. The van der Waals surface area contributed by atoms with Crippen LogP contribution in [0.15, 0.2) is 0 Å². The van der Waals surface area contributed by atoms with Crippen LogP contribution in [-0.4, -0.2) is 17.6 Å². The van der Waals surface area contributed by atoms with Gasteiger partial charge in [0.05, 0.1) is 6.42 Å². The lowest BCUT2D eigenvalue weighted by Crippen LogP contribution is -2.54. The molecule has 0 radical (unpaired) electrons. The van der Waals surface area contributed by atoms with Gasteiger partial charge in [-0.05, 0) is 12.8 Å². The minimum absolute atomic E-state index is 0.159. The van der Waals surface area contributed by atoms with Crippen LogP contribution in [0.25, 0.3) is 0 Å². The number of carbonyl (C=O) groups is 3. The quantitative estimate of drug-likeness (QED) is 0.498. The molecule has 0 spiro atoms. The zero-order chi connectivity index (χ0) is 10.1. The number of hydrogen-bond donors (Lipinski definition) is 1. The summed E-state index contributed by atoms with van der Waals surface area (Å²) in [5, 5.41) is 2.20. The van der Waals surface area contributed by atoms with E-state index >= 15 is 0 Å². The van der Waals surface area contributed by atoms with Gasteiger partial charge in [0.25, 0.3) is 0 Å². The molecule has 4 nitrogen and oxygen atoms in total. The summed E-state index contributed by atoms with van der Waals surface area (Å²) >= 11 is 0. The summed E-state index contributed by atoms with van der Waals surface area (Å²) in [5.41, 5.74) is -0.950. The molecule has 1 aliphatic rings. The number of carbonyl (C=O) groups excluding carboxylic acids is 3. The minimum Gasteiger partial charge on any atom is -0.298 e. The van der Waals surface area contributed by atoms with Crippen LogP contribution in [0, 0.1) is 5.41 Å². The number of ketones is 1. The maximum atomic E-state index is 11.5. The highest BCUT2D eigenvalue weighted by molar-refractivity contribution is 6.21. The Morgan fingerprint density at radius 1 is 1.23 bits per heavy atom. The van der Waals surface area contributed by atoms with Gasteiger partial charge in [0, 0.05) is 0 Å². The molecule has 0 aromatic heterocycles. The Kier molecular flexibility index (Phi) is 2.50. The molecule has 1 rings (SSSR count). The predicted octanol–water partition coefficient (Wildman–Crippen LogP) is 0.408. The van der Waals surface area contributed by atoms with Gasteiger partial charge in [-0.3, -0.25) is 19.7 Å². The van der Waals surface area contributed by atoms with Crippen molar-refractivity contribution in [2.75, 3.05) is 0 Å². The molecule has 1 saturated heterocycles. The SMILES string of the molecule is CCC1(CC)C(=O)CC(=O)NC1=O. The molecule has 0 aromatic carbocycles. The summed E-state index contributed by atoms with van der Waals surface area (Å²) in [7, 11) is 0. The third-order valence-electron chi connectivity index (χ3n) is 2.75. The fourth-order valence-electron chi connectivity index (χ4n) is 1.70. The van der Waals surface area contributed by atoms with Crippen molar-refractivity contribution in [3.05, 3.63) is 0 Å². The molecule has 0 saturated carbocycles. The van der Waals surface area contributed by atoms with Crippen LogP contribution in [0.3, 0.4) is 0 Å². The maximum absolute atomic E-state index is 11.5. The fraction of sp³-hybridized carbons (Fsp3) is 0.667. The van der Waals surface area contributed by atoms with Crippen LogP contribution in [0.2, 0.25) is 0 Å². The van der Waals surface area contributed by atoms with Gasteiger partial charge in [0.15, 0.2) is 5.78 Å². The first kappa shape index (κ1) is 9.89. The average Bonchev–Trinajstić information content (AvgIpc) is 2.05. The van der Waals surface area contributed by atoms with Gasteiger partial charge in [-0.15, -0.1) is 0 Å². The van der Waals surface area contributed by atoms with Crippen LogP contribution in [0.1, 0.15) is 33.1 Å². The molecule has 1 heterocycles. The Morgan fingerprint density at radius 3 is 2.15 bits per heavy atom. The number of hydrogen-bond acceptors (Lipinski definition) is 3. The van der Waals surface area contributed by atoms with Crippen molar-refractivity contribution < 1.29 is 14.4 Å². The summed E-state index contributed by atoms with van der Waals surface area (Å²) < 4.78 is 0. The molecule has 72 valence electrons. The van der Waals surface area contributed by atoms with Gasteiger partial charge in [0.1, 0.15) is 5.41 Å². The Balaban J connectivity index is 3.01. The third kappa shape index (κ3) is 1.36. The highest BCUT2D eigenvalue weighted by atomic mass is 16.2. The van der Waals surface area contributed by atoms with Crippen molar-refractivity contribution in [3.63, 3.8) is 0 Å². The number of piperidine rings is 1. The summed E-state index contributed by atoms with van der Waals surface area (Å²) in [6.07, 6.45) is 0.760. The van der Waals surface area contributed by atoms with E-state index in [2.05, 4.69) is 5.32 Å². The predicted molar refractivity (Wildman–Crippen MR) is 45.8 cm³/mol. The van der Waals surface area contributed by atoms with E-state index in [4.69, 9.17) is 0 Å². The van der Waals surface area contributed by atoms with E-state index in [-0.39, 0.29) is 12.2 Å². The van der Waals surface area contributed by atoms with Crippen molar-refractivity contribution in [3.8, 4) is 0 Å². The topological polar surface area (TPSA) is 63.2 Å². The van der Waals surface area contributed by atoms with Crippen LogP contribution in [0.4, 0.5) is 0 Å². The number of imide groups is 1. The van der Waals surface area contributed by atoms with Gasteiger partial charge in [-0.1, -0.05) is 13.8 Å². The Hall–Kier alpha value is -1.19. The average molecular weight is 183 g/mol. The molecule has 0 aliphatic carbocycles. The molecule has 1 aliphatic heterocycles. The Bertz CT molecular complexity index is 244. The second-order valence-electron chi connectivity index (χ2n) is 3.27. The van der Waals surface area contributed by atoms with Crippen molar-refractivity contribution in [1.82, 2.24) is 5.32 Å². The first-order valence-electron chi connectivity index (χ1n) is 4.44. The van der Waals surface area contributed by atoms with Crippen molar-refractivity contribution in [2.45, 2.75) is 33.1 Å². The number of amides is 2. The molecule has 2 amide bonds. The first-order valence-corrected chi connectivity index (χ1v) is 4.44. The number of Topliss-reactive ketones (excluding diaryl/α,β-unsaturated/α-hetero) is 1. The van der Waals surface area contributed by atoms with E-state index in [0.717, 1.165) is 0 Å². The summed E-state index contributed by atoms with van der Waals surface area (Å²) in [4.78, 5) is 33.8. The van der Waals surface area contributed by atoms with Crippen LogP contribution >= 0.6 is 0 Å².